The molecule has 3 heterocycles. The Morgan fingerprint density at radius 2 is 1.73 bits per heavy atom. The molecule has 0 radical (unpaired) electrons. The van der Waals surface area contributed by atoms with Crippen LogP contribution >= 0.6 is 0 Å². The molecule has 1 aromatic carbocycles. The van der Waals surface area contributed by atoms with Gasteiger partial charge >= 0.3 is 0 Å². The summed E-state index contributed by atoms with van der Waals surface area (Å²) >= 11 is 0. The standard InChI is InChI=1S/C22H22F2N6O3/c1-4-29-11-15(8-27-29)14-7-25-21-16(9-28-30(21)12-14)13-5-17(32-2)20(18(6-13)33-3)22(31)26-10-19(23)24/h5-9,11-12,19H,4,10H2,1-3H3,(H,26,31). The van der Waals surface area contributed by atoms with Crippen LogP contribution in [-0.2, 0) is 6.54 Å². The molecule has 0 unspecified atom stereocenters. The Morgan fingerprint density at radius 3 is 2.33 bits per heavy atom. The van der Waals surface area contributed by atoms with E-state index in [4.69, 9.17) is 9.47 Å². The Kier molecular flexibility index (Phi) is 6.20. The number of aryl methyl sites for hydroxylation is 1. The van der Waals surface area contributed by atoms with Gasteiger partial charge in [0.15, 0.2) is 5.65 Å². The highest BCUT2D eigenvalue weighted by Crippen LogP contribution is 2.36. The molecule has 0 bridgehead atoms. The number of halogens is 2. The molecular formula is C22H22F2N6O3. The van der Waals surface area contributed by atoms with E-state index >= 15 is 0 Å². The second kappa shape index (κ2) is 9.23. The third-order valence-corrected chi connectivity index (χ3v) is 5.11. The third-order valence-electron chi connectivity index (χ3n) is 5.11. The van der Waals surface area contributed by atoms with Gasteiger partial charge in [-0.05, 0) is 24.6 Å². The van der Waals surface area contributed by atoms with Crippen molar-refractivity contribution in [2.75, 3.05) is 20.8 Å². The number of nitrogens with zero attached hydrogens (tertiary/aromatic N) is 5. The van der Waals surface area contributed by atoms with Crippen LogP contribution in [0.2, 0.25) is 0 Å². The fourth-order valence-electron chi connectivity index (χ4n) is 3.46. The molecule has 0 spiro atoms. The fourth-order valence-corrected chi connectivity index (χ4v) is 3.46. The summed E-state index contributed by atoms with van der Waals surface area (Å²) in [5, 5.41) is 10.9. The summed E-state index contributed by atoms with van der Waals surface area (Å²) in [5.41, 5.74) is 3.72. The highest BCUT2D eigenvalue weighted by molar-refractivity contribution is 6.01. The summed E-state index contributed by atoms with van der Waals surface area (Å²) in [7, 11) is 2.78. The molecule has 9 nitrogen and oxygen atoms in total. The van der Waals surface area contributed by atoms with Gasteiger partial charge in [0.25, 0.3) is 12.3 Å². The number of aromatic nitrogens is 5. The number of carbonyl (C=O) groups excluding carboxylic acids is 1. The Morgan fingerprint density at radius 1 is 1.03 bits per heavy atom. The summed E-state index contributed by atoms with van der Waals surface area (Å²) in [4.78, 5) is 17.0. The summed E-state index contributed by atoms with van der Waals surface area (Å²) in [6.07, 6.45) is 6.26. The Bertz CT molecular complexity index is 1280. The molecule has 0 saturated heterocycles. The molecule has 0 aliphatic heterocycles. The van der Waals surface area contributed by atoms with Crippen molar-refractivity contribution in [1.29, 1.82) is 0 Å². The van der Waals surface area contributed by atoms with E-state index < -0.39 is 18.9 Å². The van der Waals surface area contributed by atoms with E-state index in [2.05, 4.69) is 20.5 Å². The number of rotatable bonds is 8. The number of hydrogen-bond donors (Lipinski definition) is 1. The number of fused-ring (bicyclic) bond motifs is 1. The highest BCUT2D eigenvalue weighted by atomic mass is 19.3. The maximum Gasteiger partial charge on any atom is 0.259 e. The van der Waals surface area contributed by atoms with Crippen LogP contribution < -0.4 is 14.8 Å². The molecule has 1 amide bonds. The molecule has 33 heavy (non-hydrogen) atoms. The van der Waals surface area contributed by atoms with E-state index in [1.54, 1.807) is 35.2 Å². The van der Waals surface area contributed by atoms with E-state index in [1.165, 1.54) is 14.2 Å². The minimum Gasteiger partial charge on any atom is -0.496 e. The van der Waals surface area contributed by atoms with Crippen LogP contribution in [0.5, 0.6) is 11.5 Å². The van der Waals surface area contributed by atoms with E-state index in [-0.39, 0.29) is 17.1 Å². The van der Waals surface area contributed by atoms with Crippen LogP contribution in [-0.4, -0.2) is 57.5 Å². The Balaban J connectivity index is 1.73. The highest BCUT2D eigenvalue weighted by Gasteiger charge is 2.22. The Hall–Kier alpha value is -4.02. The molecule has 0 aliphatic carbocycles. The molecule has 4 aromatic rings. The molecule has 1 N–H and O–H groups in total. The molecule has 0 saturated carbocycles. The lowest BCUT2D eigenvalue weighted by molar-refractivity contribution is 0.0885. The summed E-state index contributed by atoms with van der Waals surface area (Å²) in [6, 6.07) is 3.25. The normalized spacial score (nSPS) is 11.2. The van der Waals surface area contributed by atoms with Gasteiger partial charge in [-0.3, -0.25) is 9.48 Å². The zero-order chi connectivity index (χ0) is 23.5. The zero-order valence-electron chi connectivity index (χ0n) is 18.2. The number of ether oxygens (including phenoxy) is 2. The number of alkyl halides is 2. The smallest absolute Gasteiger partial charge is 0.259 e. The van der Waals surface area contributed by atoms with Gasteiger partial charge in [-0.25, -0.2) is 18.3 Å². The number of amides is 1. The van der Waals surface area contributed by atoms with Crippen LogP contribution in [0.3, 0.4) is 0 Å². The van der Waals surface area contributed by atoms with Crippen LogP contribution in [0.15, 0.2) is 43.1 Å². The summed E-state index contributed by atoms with van der Waals surface area (Å²) in [5.74, 6) is -0.357. The predicted octanol–water partition coefficient (Wildman–Crippen LogP) is 3.29. The number of carbonyl (C=O) groups is 1. The van der Waals surface area contributed by atoms with Crippen molar-refractivity contribution in [2.45, 2.75) is 19.9 Å². The average molecular weight is 456 g/mol. The number of nitrogens with one attached hydrogen (secondary N) is 1. The lowest BCUT2D eigenvalue weighted by Gasteiger charge is -2.15. The molecule has 0 fully saturated rings. The lowest BCUT2D eigenvalue weighted by atomic mass is 10.0. The number of methoxy groups -OCH3 is 2. The van der Waals surface area contributed by atoms with Crippen molar-refractivity contribution in [3.63, 3.8) is 0 Å². The molecule has 0 aliphatic rings. The van der Waals surface area contributed by atoms with Gasteiger partial charge < -0.3 is 14.8 Å². The zero-order valence-corrected chi connectivity index (χ0v) is 18.2. The minimum absolute atomic E-state index is 0.0315. The average Bonchev–Trinajstić information content (AvgIpc) is 3.48. The number of benzene rings is 1. The van der Waals surface area contributed by atoms with E-state index in [0.29, 0.717) is 16.8 Å². The van der Waals surface area contributed by atoms with Crippen LogP contribution in [0, 0.1) is 0 Å². The van der Waals surface area contributed by atoms with E-state index in [0.717, 1.165) is 17.7 Å². The topological polar surface area (TPSA) is 95.6 Å². The second-order valence-corrected chi connectivity index (χ2v) is 7.11. The molecule has 3 aromatic heterocycles. The van der Waals surface area contributed by atoms with Gasteiger partial charge in [-0.15, -0.1) is 0 Å². The van der Waals surface area contributed by atoms with Crippen LogP contribution in [0.1, 0.15) is 17.3 Å². The van der Waals surface area contributed by atoms with Crippen molar-refractivity contribution in [3.8, 4) is 33.8 Å². The lowest BCUT2D eigenvalue weighted by Crippen LogP contribution is -2.29. The third kappa shape index (κ3) is 4.34. The first-order valence-corrected chi connectivity index (χ1v) is 10.1. The molecule has 0 atom stereocenters. The number of hydrogen-bond acceptors (Lipinski definition) is 6. The monoisotopic (exact) mass is 456 g/mol. The SMILES string of the molecule is CCn1cc(-c2cnc3c(-c4cc(OC)c(C(=O)NCC(F)F)c(OC)c4)cnn3c2)cn1. The van der Waals surface area contributed by atoms with Crippen LogP contribution in [0.25, 0.3) is 27.9 Å². The second-order valence-electron chi connectivity index (χ2n) is 7.11. The van der Waals surface area contributed by atoms with Crippen molar-refractivity contribution < 1.29 is 23.0 Å². The maximum absolute atomic E-state index is 12.5. The van der Waals surface area contributed by atoms with Gasteiger partial charge in [-0.2, -0.15) is 10.2 Å². The quantitative estimate of drug-likeness (QED) is 0.437. The fraction of sp³-hybridized carbons (Fsp3) is 0.273. The van der Waals surface area contributed by atoms with Crippen LogP contribution in [0.4, 0.5) is 8.78 Å². The van der Waals surface area contributed by atoms with Gasteiger partial charge in [0.1, 0.15) is 17.1 Å². The maximum atomic E-state index is 12.5. The van der Waals surface area contributed by atoms with Gasteiger partial charge in [0.05, 0.1) is 33.2 Å². The van der Waals surface area contributed by atoms with Crippen molar-refractivity contribution in [1.82, 2.24) is 29.7 Å². The summed E-state index contributed by atoms with van der Waals surface area (Å²) in [6.45, 7) is 2.00. The molecule has 172 valence electrons. The van der Waals surface area contributed by atoms with E-state index in [9.17, 15) is 13.6 Å². The Labute approximate surface area is 188 Å². The van der Waals surface area contributed by atoms with Gasteiger partial charge in [0.2, 0.25) is 0 Å². The molecule has 11 heteroatoms. The first-order valence-electron chi connectivity index (χ1n) is 10.1. The van der Waals surface area contributed by atoms with Crippen molar-refractivity contribution >= 4 is 11.6 Å². The molecular weight excluding hydrogens is 434 g/mol. The predicted molar refractivity (Wildman–Crippen MR) is 117 cm³/mol. The van der Waals surface area contributed by atoms with Gasteiger partial charge in [0, 0.05) is 41.8 Å². The molecule has 4 rings (SSSR count). The van der Waals surface area contributed by atoms with E-state index in [1.807, 2.05) is 24.0 Å². The first-order chi connectivity index (χ1) is 15.9. The summed E-state index contributed by atoms with van der Waals surface area (Å²) < 4.78 is 39.3. The van der Waals surface area contributed by atoms with Gasteiger partial charge in [-0.1, -0.05) is 0 Å². The first kappa shape index (κ1) is 22.2. The largest absolute Gasteiger partial charge is 0.496 e. The van der Waals surface area contributed by atoms with Crippen molar-refractivity contribution in [3.05, 3.63) is 48.7 Å². The minimum atomic E-state index is -2.67. The van der Waals surface area contributed by atoms with Crippen molar-refractivity contribution in [2.24, 2.45) is 0 Å².